The van der Waals surface area contributed by atoms with Crippen LogP contribution in [0.4, 0.5) is 51.8 Å². The van der Waals surface area contributed by atoms with Gasteiger partial charge in [0.1, 0.15) is 5.75 Å². The largest absolute Gasteiger partial charge is 1.00 e. The Morgan fingerprint density at radius 1 is 0.190 bits per heavy atom. The molecule has 16 rings (SSSR count). The van der Waals surface area contributed by atoms with E-state index in [0.29, 0.717) is 0 Å². The smallest absolute Gasteiger partial charge is 0.762 e. The quantitative estimate of drug-likeness (QED) is 0.0654. The summed E-state index contributed by atoms with van der Waals surface area (Å²) in [7, 11) is -13.0. The molecule has 0 N–H and O–H groups in total. The zero-order chi connectivity index (χ0) is 87.6. The van der Waals surface area contributed by atoms with Gasteiger partial charge in [-0.25, -0.2) is 17.7 Å². The van der Waals surface area contributed by atoms with Crippen LogP contribution < -0.4 is 23.6 Å². The summed E-state index contributed by atoms with van der Waals surface area (Å²) < 4.78 is 149. The number of hydrogen-bond donors (Lipinski definition) is 0. The zero-order valence-corrected chi connectivity index (χ0v) is 71.9. The molecule has 0 bridgehead atoms. The van der Waals surface area contributed by atoms with E-state index >= 15 is 0 Å². The maximum absolute atomic E-state index is 9.67. The predicted molar refractivity (Wildman–Crippen MR) is 484 cm³/mol. The highest BCUT2D eigenvalue weighted by Gasteiger charge is 2.26. The van der Waals surface area contributed by atoms with Crippen molar-refractivity contribution in [3.8, 4) is 141 Å². The highest BCUT2D eigenvalue weighted by molar-refractivity contribution is 9.10. The minimum absolute atomic E-state index is 0. The number of hydrogen-bond acceptors (Lipinski definition) is 1. The minimum Gasteiger partial charge on any atom is -1.00 e. The summed E-state index contributed by atoms with van der Waals surface area (Å²) in [6.07, 6.45) is 0. The van der Waals surface area contributed by atoms with E-state index in [9.17, 15) is 51.8 Å². The van der Waals surface area contributed by atoms with Crippen LogP contribution in [0.3, 0.4) is 0 Å². The highest BCUT2D eigenvalue weighted by Crippen LogP contribution is 2.39. The van der Waals surface area contributed by atoms with E-state index in [1.54, 1.807) is 7.11 Å². The summed E-state index contributed by atoms with van der Waals surface area (Å²) in [5.41, 5.74) is 25.2. The average molecular weight is 1860 g/mol. The van der Waals surface area contributed by atoms with Crippen molar-refractivity contribution in [2.75, 3.05) is 7.11 Å². The molecule has 0 spiro atoms. The topological polar surface area (TPSA) is 54.4 Å². The molecule has 0 atom stereocenters. The molecular weight excluding hydrogens is 1780 g/mol. The van der Waals surface area contributed by atoms with Crippen LogP contribution in [0.2, 0.25) is 0 Å². The fraction of sp³-hybridized carbons (Fsp3) is 0.0707. The summed E-state index contributed by atoms with van der Waals surface area (Å²) in [4.78, 5) is 0. The maximum Gasteiger partial charge on any atom is 0.762 e. The van der Waals surface area contributed by atoms with Crippen LogP contribution in [0, 0.1) is 41.5 Å². The van der Waals surface area contributed by atoms with E-state index < -0.39 is 30.2 Å². The van der Waals surface area contributed by atoms with Crippen LogP contribution in [-0.2, 0) is 0 Å². The Bertz CT molecular complexity index is 5140. The second-order valence-corrected chi connectivity index (χ2v) is 29.2. The lowest BCUT2D eigenvalue weighted by Crippen LogP contribution is -3.00. The Labute approximate surface area is 740 Å². The maximum atomic E-state index is 9.67. The molecule has 0 radical (unpaired) electrons. The molecule has 0 fully saturated rings. The molecule has 5 nitrogen and oxygen atoms in total. The van der Waals surface area contributed by atoms with Crippen molar-refractivity contribution in [1.82, 2.24) is 0 Å². The molecule has 16 aromatic rings. The third-order valence-corrected chi connectivity index (χ3v) is 19.2. The first-order valence-corrected chi connectivity index (χ1v) is 39.6. The van der Waals surface area contributed by atoms with E-state index in [4.69, 9.17) is 22.4 Å². The molecule has 4 aromatic heterocycles. The van der Waals surface area contributed by atoms with E-state index in [1.165, 1.54) is 44.5 Å². The summed E-state index contributed by atoms with van der Waals surface area (Å²) in [5, 5.41) is 0. The van der Waals surface area contributed by atoms with Crippen LogP contribution in [-0.4, -0.2) is 37.3 Å². The third kappa shape index (κ3) is 34.0. The van der Waals surface area contributed by atoms with Crippen LogP contribution in [0.1, 0.15) is 33.4 Å². The van der Waals surface area contributed by atoms with Gasteiger partial charge in [0.05, 0.1) is 100 Å². The summed E-state index contributed by atoms with van der Waals surface area (Å²) >= 11 is 7.01. The molecule has 0 saturated carbocycles. The molecule has 0 aliphatic heterocycles. The molecule has 0 aliphatic rings. The summed E-state index contributed by atoms with van der Waals surface area (Å²) in [6, 6.07) is 123. The molecule has 12 aromatic carbocycles. The third-order valence-electron chi connectivity index (χ3n) is 18.2. The monoisotopic (exact) mass is 1850 g/mol. The lowest BCUT2D eigenvalue weighted by Gasteiger charge is -2.04. The Hall–Kier alpha value is -12.9. The van der Waals surface area contributed by atoms with Crippen LogP contribution in [0.5, 0.6) is 5.75 Å². The standard InChI is InChI=1S/C26H23O2.C26H23O.C24H17Br2O.C23H17O.4BF3.4FH/c1-18-4-8-21(9-5-18)25-16-23(20-12-14-24(27-3)15-13-20)17-26(28-25)22-10-6-19(2)7-11-22;1-18-4-10-21(11-5-18)24-16-25(22-12-6-19(2)7-13-22)27-26(17-24)23-14-8-20(3)9-15-23;1-16-2-4-18(5-3-16)23-14-20(17-6-10-21(25)11-7-17)15-24(27-23)19-8-12-22(26)13-9-19;1-4-10-18(11-5-1)21-16-22(19-12-6-2-7-13-19)24-23(17-21)20-14-8-3-9-15-20;4*2-1(3)4;;;;/h4-17H,1-3H3;4-17H,1-3H3;2-15H,1H3;1-17H;;;;;4*1H/q4*+1;;;;;;;;/p-4. The highest BCUT2D eigenvalue weighted by atomic mass is 79.9. The molecule has 0 amide bonds. The minimum atomic E-state index is -3.67. The fourth-order valence-corrected chi connectivity index (χ4v) is 12.6. The van der Waals surface area contributed by atoms with Gasteiger partial charge in [0.2, 0.25) is 0 Å². The van der Waals surface area contributed by atoms with Crippen molar-refractivity contribution in [3.05, 3.63) is 400 Å². The Morgan fingerprint density at radius 3 is 0.508 bits per heavy atom. The van der Waals surface area contributed by atoms with E-state index in [0.717, 1.165) is 139 Å². The molecule has 644 valence electrons. The van der Waals surface area contributed by atoms with Crippen LogP contribution in [0.15, 0.2) is 385 Å². The van der Waals surface area contributed by atoms with Gasteiger partial charge in [0.25, 0.3) is 0 Å². The zero-order valence-electron chi connectivity index (χ0n) is 68.7. The van der Waals surface area contributed by atoms with Gasteiger partial charge in [-0.15, -0.1) is 0 Å². The first-order valence-electron chi connectivity index (χ1n) is 38.0. The second-order valence-electron chi connectivity index (χ2n) is 27.3. The van der Waals surface area contributed by atoms with Gasteiger partial charge in [0, 0.05) is 31.2 Å². The lowest BCUT2D eigenvalue weighted by molar-refractivity contribution is -0.00100. The SMILES string of the molecule is COc1ccc(-c2cc(-c3ccc(C)cc3)[o+]c(-c3ccc(C)cc3)c2)cc1.Cc1ccc(-c2cc(-c3ccc(Br)cc3)cc(-c3ccc(Br)cc3)[o+]2)cc1.Cc1ccc(-c2cc(-c3ccc(C)cc3)[o+]c(-c3ccc(C)cc3)c2)cc1.FB(F)F.FB(F)F.FB(F)F.FB(F)F.[F-].[F-].[F-].[F-].c1ccc(-c2cc(-c3ccccc3)[o+]c(-c3ccccc3)c2)cc1. The Kier molecular flexibility index (Phi) is 43.4. The van der Waals surface area contributed by atoms with Crippen molar-refractivity contribution < 1.29 is 93.0 Å². The molecular formula is C99H80B4Br2F16O5. The Balaban J connectivity index is 0.000000279. The van der Waals surface area contributed by atoms with Gasteiger partial charge in [-0.1, -0.05) is 241 Å². The van der Waals surface area contributed by atoms with Crippen molar-refractivity contribution in [3.63, 3.8) is 0 Å². The summed E-state index contributed by atoms with van der Waals surface area (Å²) in [5.74, 6) is 7.75. The van der Waals surface area contributed by atoms with E-state index in [2.05, 4.69) is 365 Å². The molecule has 27 heteroatoms. The normalized spacial score (nSPS) is 9.85. The number of ether oxygens (including phenoxy) is 1. The molecule has 0 saturated heterocycles. The fourth-order valence-electron chi connectivity index (χ4n) is 12.0. The Morgan fingerprint density at radius 2 is 0.325 bits per heavy atom. The van der Waals surface area contributed by atoms with Gasteiger partial charge in [-0.05, 0) is 197 Å². The van der Waals surface area contributed by atoms with Gasteiger partial charge < -0.3 is 23.6 Å². The molecule has 126 heavy (non-hydrogen) atoms. The van der Waals surface area contributed by atoms with E-state index in [1.807, 2.05) is 66.7 Å². The van der Waals surface area contributed by atoms with Crippen LogP contribution in [0.25, 0.3) is 135 Å². The first kappa shape index (κ1) is 104. The van der Waals surface area contributed by atoms with Crippen LogP contribution >= 0.6 is 31.9 Å². The number of halogens is 18. The summed E-state index contributed by atoms with van der Waals surface area (Å²) in [6.45, 7) is 12.6. The first-order chi connectivity index (χ1) is 58.6. The van der Waals surface area contributed by atoms with Crippen molar-refractivity contribution in [1.29, 1.82) is 0 Å². The predicted octanol–water partition coefficient (Wildman–Crippen LogP) is 21.2. The van der Waals surface area contributed by atoms with Crippen molar-refractivity contribution in [2.45, 2.75) is 41.5 Å². The van der Waals surface area contributed by atoms with Gasteiger partial charge in [-0.3, -0.25) is 51.8 Å². The van der Waals surface area contributed by atoms with E-state index in [-0.39, 0.29) is 18.8 Å². The average Bonchev–Trinajstić information content (AvgIpc) is 0.808. The van der Waals surface area contributed by atoms with Crippen molar-refractivity contribution in [2.24, 2.45) is 0 Å². The van der Waals surface area contributed by atoms with Gasteiger partial charge in [-0.2, -0.15) is 0 Å². The number of rotatable bonds is 13. The van der Waals surface area contributed by atoms with Gasteiger partial charge in [0.15, 0.2) is 0 Å². The number of benzene rings is 12. The van der Waals surface area contributed by atoms with Crippen molar-refractivity contribution >= 4 is 62.0 Å². The number of aryl methyl sites for hydroxylation is 6. The van der Waals surface area contributed by atoms with Gasteiger partial charge >= 0.3 is 76.3 Å². The molecule has 4 heterocycles. The molecule has 0 aliphatic carbocycles. The molecule has 0 unspecified atom stereocenters. The number of methoxy groups -OCH3 is 1. The second kappa shape index (κ2) is 52.7. The lowest BCUT2D eigenvalue weighted by atomic mass is 10.0.